The molecule has 1 aliphatic carbocycles. The van der Waals surface area contributed by atoms with Gasteiger partial charge in [0.15, 0.2) is 0 Å². The van der Waals surface area contributed by atoms with Crippen LogP contribution in [-0.2, 0) is 13.0 Å². The van der Waals surface area contributed by atoms with Gasteiger partial charge in [0, 0.05) is 50.4 Å². The molecule has 0 saturated carbocycles. The molecule has 2 atom stereocenters. The van der Waals surface area contributed by atoms with Gasteiger partial charge in [0.05, 0.1) is 0 Å². The fourth-order valence-corrected chi connectivity index (χ4v) is 5.31. The molecule has 1 aromatic heterocycles. The van der Waals surface area contributed by atoms with Crippen molar-refractivity contribution in [1.82, 2.24) is 14.8 Å². The summed E-state index contributed by atoms with van der Waals surface area (Å²) in [4.78, 5) is 10.0. The van der Waals surface area contributed by atoms with E-state index in [0.29, 0.717) is 5.92 Å². The van der Waals surface area contributed by atoms with E-state index >= 15 is 0 Å². The Bertz CT molecular complexity index is 805. The maximum atomic E-state index is 4.80. The Labute approximate surface area is 169 Å². The van der Waals surface area contributed by atoms with Crippen LogP contribution < -0.4 is 0 Å². The van der Waals surface area contributed by atoms with E-state index in [2.05, 4.69) is 64.5 Å². The van der Waals surface area contributed by atoms with Gasteiger partial charge in [-0.2, -0.15) is 0 Å². The first kappa shape index (κ1) is 18.1. The second-order valence-corrected chi connectivity index (χ2v) is 8.78. The second kappa shape index (κ2) is 8.18. The normalized spacial score (nSPS) is 25.2. The second-order valence-electron chi connectivity index (χ2n) is 8.78. The molecule has 2 unspecified atom stereocenters. The number of fused-ring (bicyclic) bond motifs is 1. The van der Waals surface area contributed by atoms with Crippen LogP contribution in [0.2, 0.25) is 0 Å². The topological polar surface area (TPSA) is 19.4 Å². The molecular weight excluding hydrogens is 342 g/mol. The number of allylic oxidation sites excluding steroid dienone is 1. The van der Waals surface area contributed by atoms with Gasteiger partial charge in [0.2, 0.25) is 0 Å². The molecular formula is C25H31N3. The predicted octanol–water partition coefficient (Wildman–Crippen LogP) is 4.26. The SMILES string of the molecule is C1=C(c2ccc(CCN3CCCC3)nc2)C2CN(Cc3ccccc3)CC2C1. The Morgan fingerprint density at radius 3 is 2.57 bits per heavy atom. The largest absolute Gasteiger partial charge is 0.303 e. The maximum absolute atomic E-state index is 4.80. The lowest BCUT2D eigenvalue weighted by atomic mass is 9.91. The summed E-state index contributed by atoms with van der Waals surface area (Å²) in [7, 11) is 0. The highest BCUT2D eigenvalue weighted by Gasteiger charge is 2.38. The summed E-state index contributed by atoms with van der Waals surface area (Å²) in [6.45, 7) is 7.19. The van der Waals surface area contributed by atoms with Crippen LogP contribution in [0.25, 0.3) is 5.57 Å². The van der Waals surface area contributed by atoms with Gasteiger partial charge < -0.3 is 4.90 Å². The van der Waals surface area contributed by atoms with Gasteiger partial charge in [-0.05, 0) is 61.0 Å². The molecule has 5 rings (SSSR count). The Morgan fingerprint density at radius 1 is 0.929 bits per heavy atom. The lowest BCUT2D eigenvalue weighted by molar-refractivity contribution is 0.315. The van der Waals surface area contributed by atoms with E-state index in [1.54, 1.807) is 5.57 Å². The van der Waals surface area contributed by atoms with Crippen molar-refractivity contribution >= 4 is 5.57 Å². The molecule has 2 aromatic rings. The third-order valence-electron chi connectivity index (χ3n) is 6.85. The van der Waals surface area contributed by atoms with Crippen LogP contribution in [0, 0.1) is 11.8 Å². The molecule has 0 amide bonds. The van der Waals surface area contributed by atoms with Gasteiger partial charge in [0.25, 0.3) is 0 Å². The van der Waals surface area contributed by atoms with Crippen molar-refractivity contribution in [3.05, 3.63) is 71.6 Å². The molecule has 3 heterocycles. The number of hydrogen-bond acceptors (Lipinski definition) is 3. The minimum Gasteiger partial charge on any atom is -0.303 e. The van der Waals surface area contributed by atoms with Crippen molar-refractivity contribution in [2.45, 2.75) is 32.2 Å². The summed E-state index contributed by atoms with van der Waals surface area (Å²) in [6, 6.07) is 15.5. The number of nitrogens with zero attached hydrogens (tertiary/aromatic N) is 3. The maximum Gasteiger partial charge on any atom is 0.0416 e. The standard InChI is InChI=1S/C25H31N3/c1-2-6-20(7-3-1)17-28-18-22-9-11-24(25(22)19-28)21-8-10-23(26-16-21)12-15-27-13-4-5-14-27/h1-3,6-8,10-11,16,22,25H,4-5,9,12-15,17-19H2. The van der Waals surface area contributed by atoms with Crippen molar-refractivity contribution in [3.63, 3.8) is 0 Å². The number of aromatic nitrogens is 1. The lowest BCUT2D eigenvalue weighted by Crippen LogP contribution is -2.22. The zero-order valence-corrected chi connectivity index (χ0v) is 16.8. The Kier molecular flexibility index (Phi) is 5.28. The molecule has 0 bridgehead atoms. The fourth-order valence-electron chi connectivity index (χ4n) is 5.31. The summed E-state index contributed by atoms with van der Waals surface area (Å²) in [6.07, 6.45) is 9.65. The quantitative estimate of drug-likeness (QED) is 0.754. The minimum absolute atomic E-state index is 0.681. The van der Waals surface area contributed by atoms with Crippen molar-refractivity contribution in [2.24, 2.45) is 11.8 Å². The van der Waals surface area contributed by atoms with Gasteiger partial charge >= 0.3 is 0 Å². The minimum atomic E-state index is 0.681. The molecule has 1 aromatic carbocycles. The molecule has 28 heavy (non-hydrogen) atoms. The number of likely N-dealkylation sites (tertiary alicyclic amines) is 2. The number of pyridine rings is 1. The highest BCUT2D eigenvalue weighted by molar-refractivity contribution is 5.69. The van der Waals surface area contributed by atoms with E-state index in [1.807, 2.05) is 0 Å². The first-order valence-electron chi connectivity index (χ1n) is 11.0. The highest BCUT2D eigenvalue weighted by atomic mass is 15.2. The number of rotatable bonds is 6. The molecule has 3 heteroatoms. The third kappa shape index (κ3) is 3.92. The fraction of sp³-hybridized carbons (Fsp3) is 0.480. The molecule has 3 nitrogen and oxygen atoms in total. The van der Waals surface area contributed by atoms with E-state index in [4.69, 9.17) is 4.98 Å². The van der Waals surface area contributed by atoms with Crippen molar-refractivity contribution in [1.29, 1.82) is 0 Å². The smallest absolute Gasteiger partial charge is 0.0416 e. The monoisotopic (exact) mass is 373 g/mol. The lowest BCUT2D eigenvalue weighted by Gasteiger charge is -2.18. The summed E-state index contributed by atoms with van der Waals surface area (Å²) >= 11 is 0. The molecule has 0 radical (unpaired) electrons. The van der Waals surface area contributed by atoms with Crippen LogP contribution in [0.3, 0.4) is 0 Å². The zero-order valence-electron chi connectivity index (χ0n) is 16.8. The van der Waals surface area contributed by atoms with Crippen LogP contribution in [0.5, 0.6) is 0 Å². The average Bonchev–Trinajstić information content (AvgIpc) is 3.45. The van der Waals surface area contributed by atoms with Crippen molar-refractivity contribution in [3.8, 4) is 0 Å². The third-order valence-corrected chi connectivity index (χ3v) is 6.85. The Morgan fingerprint density at radius 2 is 1.79 bits per heavy atom. The van der Waals surface area contributed by atoms with Gasteiger partial charge in [-0.1, -0.05) is 42.5 Å². The average molecular weight is 374 g/mol. The van der Waals surface area contributed by atoms with E-state index in [-0.39, 0.29) is 0 Å². The predicted molar refractivity (Wildman–Crippen MR) is 115 cm³/mol. The number of benzene rings is 1. The van der Waals surface area contributed by atoms with Gasteiger partial charge in [-0.25, -0.2) is 0 Å². The molecule has 146 valence electrons. The summed E-state index contributed by atoms with van der Waals surface area (Å²) < 4.78 is 0. The summed E-state index contributed by atoms with van der Waals surface area (Å²) in [5, 5.41) is 0. The van der Waals surface area contributed by atoms with Gasteiger partial charge in [-0.15, -0.1) is 0 Å². The summed E-state index contributed by atoms with van der Waals surface area (Å²) in [5.74, 6) is 1.47. The zero-order chi connectivity index (χ0) is 18.8. The van der Waals surface area contributed by atoms with E-state index in [9.17, 15) is 0 Å². The molecule has 3 aliphatic rings. The van der Waals surface area contributed by atoms with Crippen molar-refractivity contribution < 1.29 is 0 Å². The van der Waals surface area contributed by atoms with E-state index in [0.717, 1.165) is 25.4 Å². The molecule has 2 saturated heterocycles. The Balaban J connectivity index is 1.19. The highest BCUT2D eigenvalue weighted by Crippen LogP contribution is 2.43. The van der Waals surface area contributed by atoms with Crippen LogP contribution in [-0.4, -0.2) is 47.5 Å². The van der Waals surface area contributed by atoms with Gasteiger partial charge in [-0.3, -0.25) is 9.88 Å². The van der Waals surface area contributed by atoms with Crippen molar-refractivity contribution in [2.75, 3.05) is 32.7 Å². The first-order valence-corrected chi connectivity index (χ1v) is 11.0. The van der Waals surface area contributed by atoms with Crippen LogP contribution in [0.4, 0.5) is 0 Å². The van der Waals surface area contributed by atoms with Gasteiger partial charge in [0.1, 0.15) is 0 Å². The molecule has 2 aliphatic heterocycles. The molecule has 0 N–H and O–H groups in total. The number of hydrogen-bond donors (Lipinski definition) is 0. The van der Waals surface area contributed by atoms with Crippen LogP contribution in [0.1, 0.15) is 36.1 Å². The summed E-state index contributed by atoms with van der Waals surface area (Å²) in [5.41, 5.74) is 5.55. The first-order chi connectivity index (χ1) is 13.8. The van der Waals surface area contributed by atoms with Crippen LogP contribution in [0.15, 0.2) is 54.7 Å². The Hall–Kier alpha value is -1.97. The van der Waals surface area contributed by atoms with E-state index in [1.165, 1.54) is 62.3 Å². The molecule has 0 spiro atoms. The van der Waals surface area contributed by atoms with E-state index < -0.39 is 0 Å². The van der Waals surface area contributed by atoms with Crippen LogP contribution >= 0.6 is 0 Å². The molecule has 2 fully saturated rings.